The van der Waals surface area contributed by atoms with Crippen LogP contribution in [0, 0.1) is 0 Å². The van der Waals surface area contributed by atoms with Crippen molar-refractivity contribution in [2.75, 3.05) is 33.0 Å². The topological polar surface area (TPSA) is 196 Å². The molecule has 0 aromatic rings. The summed E-state index contributed by atoms with van der Waals surface area (Å²) in [6, 6.07) is 0. The second kappa shape index (κ2) is 25.2. The van der Waals surface area contributed by atoms with Gasteiger partial charge in [0.1, 0.15) is 12.9 Å². The summed E-state index contributed by atoms with van der Waals surface area (Å²) in [6.07, 6.45) is 4.06. The SMILES string of the molecule is C[Si](C)(C)OCC(CCCOCCOOOOOOOOOOOOOOOOO/C=C\CO)[Si](C)(C)C. The minimum absolute atomic E-state index is 0.0525. The fourth-order valence-electron chi connectivity index (χ4n) is 2.07. The van der Waals surface area contributed by atoms with Crippen LogP contribution in [-0.4, -0.2) is 54.5 Å². The molecule has 38 heavy (non-hydrogen) atoms. The molecule has 0 rings (SSSR count). The fraction of sp³-hybridized carbons (Fsp3) is 0.875. The lowest BCUT2D eigenvalue weighted by Crippen LogP contribution is -2.36. The molecular formula is C16H36O20Si2. The Bertz CT molecular complexity index is 532. The van der Waals surface area contributed by atoms with Crippen LogP contribution in [0.25, 0.3) is 0 Å². The summed E-state index contributed by atoms with van der Waals surface area (Å²) in [5.41, 5.74) is 0.575. The number of aliphatic hydroxyl groups is 1. The summed E-state index contributed by atoms with van der Waals surface area (Å²) in [5.74, 6) is 0. The third kappa shape index (κ3) is 28.2. The van der Waals surface area contributed by atoms with Crippen molar-refractivity contribution in [1.29, 1.82) is 0 Å². The summed E-state index contributed by atoms with van der Waals surface area (Å²) < 4.78 is 11.6. The molecule has 20 nitrogen and oxygen atoms in total. The maximum absolute atomic E-state index is 8.35. The van der Waals surface area contributed by atoms with Crippen LogP contribution in [0.3, 0.4) is 0 Å². The minimum Gasteiger partial charge on any atom is -0.418 e. The molecule has 22 heteroatoms. The average molecular weight is 605 g/mol. The quantitative estimate of drug-likeness (QED) is 0.0429. The summed E-state index contributed by atoms with van der Waals surface area (Å²) in [7, 11) is -2.86. The molecule has 0 aliphatic carbocycles. The molecule has 1 N–H and O–H groups in total. The second-order valence-electron chi connectivity index (χ2n) is 8.73. The molecule has 1 unspecified atom stereocenters. The molecule has 0 bridgehead atoms. The van der Waals surface area contributed by atoms with E-state index in [4.69, 9.17) is 14.3 Å². The van der Waals surface area contributed by atoms with E-state index < -0.39 is 16.4 Å². The number of aliphatic hydroxyl groups excluding tert-OH is 1. The van der Waals surface area contributed by atoms with Gasteiger partial charge in [-0.1, -0.05) is 19.6 Å². The number of hydrogen-bond acceptors (Lipinski definition) is 20. The molecule has 0 aliphatic rings. The van der Waals surface area contributed by atoms with Gasteiger partial charge in [0.15, 0.2) is 8.32 Å². The normalized spacial score (nSPS) is 13.4. The Morgan fingerprint density at radius 3 is 1.61 bits per heavy atom. The van der Waals surface area contributed by atoms with Crippen LogP contribution in [-0.2, 0) is 94.5 Å². The molecule has 0 radical (unpaired) electrons. The van der Waals surface area contributed by atoms with E-state index >= 15 is 0 Å². The van der Waals surface area contributed by atoms with Gasteiger partial charge in [0.05, 0.1) is 13.2 Å². The smallest absolute Gasteiger partial charge is 0.183 e. The number of ether oxygens (including phenoxy) is 1. The van der Waals surface area contributed by atoms with Gasteiger partial charge >= 0.3 is 0 Å². The van der Waals surface area contributed by atoms with Gasteiger partial charge in [0.2, 0.25) is 0 Å². The molecule has 0 aromatic heterocycles. The molecule has 0 amide bonds. The molecule has 0 fully saturated rings. The lowest BCUT2D eigenvalue weighted by atomic mass is 10.2. The van der Waals surface area contributed by atoms with Crippen LogP contribution in [0.5, 0.6) is 0 Å². The van der Waals surface area contributed by atoms with E-state index in [1.54, 1.807) is 0 Å². The Morgan fingerprint density at radius 2 is 1.13 bits per heavy atom. The highest BCUT2D eigenvalue weighted by Crippen LogP contribution is 2.28. The van der Waals surface area contributed by atoms with Crippen LogP contribution >= 0.6 is 0 Å². The zero-order chi connectivity index (χ0) is 28.4. The Hall–Kier alpha value is -0.786. The van der Waals surface area contributed by atoms with Crippen molar-refractivity contribution in [3.63, 3.8) is 0 Å². The van der Waals surface area contributed by atoms with Crippen molar-refractivity contribution in [1.82, 2.24) is 0 Å². The van der Waals surface area contributed by atoms with Gasteiger partial charge in [-0.25, -0.2) is 4.89 Å². The first kappa shape index (κ1) is 37.2. The van der Waals surface area contributed by atoms with Crippen LogP contribution < -0.4 is 0 Å². The number of hydrogen-bond donors (Lipinski definition) is 1. The minimum atomic E-state index is -1.53. The highest BCUT2D eigenvalue weighted by molar-refractivity contribution is 6.77. The Balaban J connectivity index is 3.33. The first-order valence-corrected chi connectivity index (χ1v) is 17.9. The van der Waals surface area contributed by atoms with E-state index in [2.05, 4.69) is 125 Å². The molecule has 1 atom stereocenters. The van der Waals surface area contributed by atoms with Gasteiger partial charge in [-0.3, -0.25) is 0 Å². The van der Waals surface area contributed by atoms with Gasteiger partial charge in [-0.15, -0.1) is 0 Å². The lowest BCUT2D eigenvalue weighted by molar-refractivity contribution is -0.886. The Kier molecular flexibility index (Phi) is 24.7. The summed E-state index contributed by atoms with van der Waals surface area (Å²) in [6.45, 7) is 15.1. The van der Waals surface area contributed by atoms with Crippen molar-refractivity contribution < 1.29 is 99.6 Å². The van der Waals surface area contributed by atoms with E-state index in [1.165, 1.54) is 6.08 Å². The predicted octanol–water partition coefficient (Wildman–Crippen LogP) is 2.77. The van der Waals surface area contributed by atoms with E-state index in [1.807, 2.05) is 0 Å². The van der Waals surface area contributed by atoms with E-state index in [0.29, 0.717) is 12.1 Å². The fourth-order valence-corrected chi connectivity index (χ4v) is 4.59. The monoisotopic (exact) mass is 604 g/mol. The summed E-state index contributed by atoms with van der Waals surface area (Å²) >= 11 is 0. The molecule has 0 aliphatic heterocycles. The molecule has 0 heterocycles. The first-order chi connectivity index (χ1) is 18.2. The van der Waals surface area contributed by atoms with Crippen molar-refractivity contribution >= 4 is 16.4 Å². The average Bonchev–Trinajstić information content (AvgIpc) is 2.84. The standard InChI is InChI=1S/C16H36O20Si2/c1-37(2,3)16(15-21-38(4,5)6)9-7-11-18-13-14-20-23-25-27-29-31-33-35-36-34-32-30-28-26-24-22-19-12-8-10-17/h8,12,16-17H,7,9-11,13-15H2,1-6H3/b12-8-. The zero-order valence-electron chi connectivity index (χ0n) is 21.9. The molecule has 0 spiro atoms. The number of rotatable bonds is 29. The van der Waals surface area contributed by atoms with E-state index in [9.17, 15) is 0 Å². The van der Waals surface area contributed by atoms with Crippen molar-refractivity contribution in [3.8, 4) is 0 Å². The maximum Gasteiger partial charge on any atom is 0.183 e. The molecule has 228 valence electrons. The van der Waals surface area contributed by atoms with Crippen molar-refractivity contribution in [2.24, 2.45) is 0 Å². The summed E-state index contributed by atoms with van der Waals surface area (Å²) in [5, 5.41) is 64.6. The summed E-state index contributed by atoms with van der Waals surface area (Å²) in [4.78, 5) is 8.72. The molecule has 0 saturated carbocycles. The van der Waals surface area contributed by atoms with Crippen LogP contribution in [0.4, 0.5) is 0 Å². The van der Waals surface area contributed by atoms with Crippen molar-refractivity contribution in [3.05, 3.63) is 12.3 Å². The molecular weight excluding hydrogens is 568 g/mol. The van der Waals surface area contributed by atoms with Gasteiger partial charge in [-0.2, -0.15) is 0 Å². The van der Waals surface area contributed by atoms with Gasteiger partial charge in [-0.05, 0) is 79.4 Å². The molecule has 0 aromatic carbocycles. The Labute approximate surface area is 219 Å². The molecule has 0 saturated heterocycles. The predicted molar refractivity (Wildman–Crippen MR) is 116 cm³/mol. The highest BCUT2D eigenvalue weighted by atomic mass is 28.4. The largest absolute Gasteiger partial charge is 0.418 e. The zero-order valence-corrected chi connectivity index (χ0v) is 23.9. The maximum atomic E-state index is 8.35. The van der Waals surface area contributed by atoms with E-state index in [0.717, 1.165) is 25.7 Å². The van der Waals surface area contributed by atoms with Crippen LogP contribution in [0.15, 0.2) is 12.3 Å². The van der Waals surface area contributed by atoms with Crippen molar-refractivity contribution in [2.45, 2.75) is 57.7 Å². The van der Waals surface area contributed by atoms with Gasteiger partial charge in [0.25, 0.3) is 0 Å². The lowest BCUT2D eigenvalue weighted by Gasteiger charge is -2.31. The second-order valence-corrected chi connectivity index (χ2v) is 18.8. The van der Waals surface area contributed by atoms with Gasteiger partial charge < -0.3 is 19.2 Å². The third-order valence-electron chi connectivity index (χ3n) is 3.83. The van der Waals surface area contributed by atoms with Crippen LogP contribution in [0.1, 0.15) is 12.8 Å². The van der Waals surface area contributed by atoms with Crippen LogP contribution in [0.2, 0.25) is 44.8 Å². The van der Waals surface area contributed by atoms with Gasteiger partial charge in [0, 0.05) is 61.6 Å². The van der Waals surface area contributed by atoms with E-state index in [-0.39, 0.29) is 19.8 Å². The first-order valence-electron chi connectivity index (χ1n) is 10.9. The Morgan fingerprint density at radius 1 is 0.632 bits per heavy atom. The highest BCUT2D eigenvalue weighted by Gasteiger charge is 2.28. The third-order valence-corrected chi connectivity index (χ3v) is 7.77.